The number of carbonyl (C=O) groups is 1. The molecule has 1 aromatic carbocycles. The van der Waals surface area contributed by atoms with Crippen LogP contribution in [-0.4, -0.2) is 15.9 Å². The molecule has 0 bridgehead atoms. The van der Waals surface area contributed by atoms with Crippen LogP contribution in [0.2, 0.25) is 15.2 Å². The third-order valence-electron chi connectivity index (χ3n) is 2.23. The summed E-state index contributed by atoms with van der Waals surface area (Å²) in [5.41, 5.74) is -0.544. The standard InChI is InChI=1S/C11H4Cl3F2N3O/c12-5-2-6(15)4(1-7(5)16)11(20)19-10-8(13)9(14)17-3-18-10/h1-3H,(H,17,18,19,20). The second-order valence-electron chi connectivity index (χ2n) is 3.53. The van der Waals surface area contributed by atoms with E-state index >= 15 is 0 Å². The zero-order valence-electron chi connectivity index (χ0n) is 9.42. The van der Waals surface area contributed by atoms with Gasteiger partial charge in [-0.2, -0.15) is 0 Å². The van der Waals surface area contributed by atoms with Crippen molar-refractivity contribution in [2.75, 3.05) is 5.32 Å². The van der Waals surface area contributed by atoms with Crippen LogP contribution >= 0.6 is 34.8 Å². The van der Waals surface area contributed by atoms with E-state index in [1.165, 1.54) is 0 Å². The number of rotatable bonds is 2. The Hall–Kier alpha value is -1.50. The Morgan fingerprint density at radius 3 is 2.50 bits per heavy atom. The molecular formula is C11H4Cl3F2N3O. The van der Waals surface area contributed by atoms with E-state index in [1.807, 2.05) is 0 Å². The predicted molar refractivity (Wildman–Crippen MR) is 71.4 cm³/mol. The smallest absolute Gasteiger partial charge is 0.259 e. The van der Waals surface area contributed by atoms with Gasteiger partial charge >= 0.3 is 0 Å². The van der Waals surface area contributed by atoms with Gasteiger partial charge in [-0.05, 0) is 12.1 Å². The summed E-state index contributed by atoms with van der Waals surface area (Å²) in [4.78, 5) is 19.1. The third kappa shape index (κ3) is 2.98. The zero-order valence-corrected chi connectivity index (χ0v) is 11.7. The molecule has 9 heteroatoms. The van der Waals surface area contributed by atoms with Gasteiger partial charge in [-0.1, -0.05) is 34.8 Å². The van der Waals surface area contributed by atoms with Crippen molar-refractivity contribution in [3.05, 3.63) is 50.9 Å². The molecule has 0 radical (unpaired) electrons. The van der Waals surface area contributed by atoms with Gasteiger partial charge in [-0.15, -0.1) is 0 Å². The van der Waals surface area contributed by atoms with E-state index in [-0.39, 0.29) is 16.0 Å². The summed E-state index contributed by atoms with van der Waals surface area (Å²) >= 11 is 16.8. The van der Waals surface area contributed by atoms with Crippen molar-refractivity contribution in [3.63, 3.8) is 0 Å². The maximum Gasteiger partial charge on any atom is 0.259 e. The zero-order chi connectivity index (χ0) is 14.9. The van der Waals surface area contributed by atoms with Crippen molar-refractivity contribution in [3.8, 4) is 0 Å². The van der Waals surface area contributed by atoms with Crippen molar-refractivity contribution in [1.29, 1.82) is 0 Å². The molecule has 2 aromatic rings. The average Bonchev–Trinajstić information content (AvgIpc) is 2.39. The summed E-state index contributed by atoms with van der Waals surface area (Å²) < 4.78 is 26.8. The van der Waals surface area contributed by atoms with E-state index in [4.69, 9.17) is 34.8 Å². The summed E-state index contributed by atoms with van der Waals surface area (Å²) in [6.07, 6.45) is 1.06. The van der Waals surface area contributed by atoms with E-state index < -0.39 is 28.1 Å². The monoisotopic (exact) mass is 337 g/mol. The highest BCUT2D eigenvalue weighted by molar-refractivity contribution is 6.43. The quantitative estimate of drug-likeness (QED) is 0.666. The Morgan fingerprint density at radius 1 is 1.10 bits per heavy atom. The van der Waals surface area contributed by atoms with Crippen LogP contribution in [0.25, 0.3) is 0 Å². The largest absolute Gasteiger partial charge is 0.305 e. The summed E-state index contributed by atoms with van der Waals surface area (Å²) in [6, 6.07) is 1.37. The Kier molecular flexibility index (Phi) is 4.37. The number of benzene rings is 1. The number of carbonyl (C=O) groups excluding carboxylic acids is 1. The number of amides is 1. The molecule has 0 fully saturated rings. The van der Waals surface area contributed by atoms with Gasteiger partial charge in [0.1, 0.15) is 23.0 Å². The molecule has 0 spiro atoms. The highest BCUT2D eigenvalue weighted by Gasteiger charge is 2.18. The SMILES string of the molecule is O=C(Nc1ncnc(Cl)c1Cl)c1cc(F)c(Cl)cc1F. The van der Waals surface area contributed by atoms with Gasteiger partial charge in [0, 0.05) is 0 Å². The maximum absolute atomic E-state index is 13.6. The number of anilines is 1. The Bertz CT molecular complexity index is 697. The topological polar surface area (TPSA) is 54.9 Å². The number of hydrogen-bond donors (Lipinski definition) is 1. The van der Waals surface area contributed by atoms with Gasteiger partial charge in [0.2, 0.25) is 0 Å². The Balaban J connectivity index is 2.33. The van der Waals surface area contributed by atoms with E-state index in [2.05, 4.69) is 15.3 Å². The first-order chi connectivity index (χ1) is 9.40. The lowest BCUT2D eigenvalue weighted by atomic mass is 10.2. The molecule has 4 nitrogen and oxygen atoms in total. The van der Waals surface area contributed by atoms with E-state index in [0.29, 0.717) is 12.1 Å². The number of nitrogens with zero attached hydrogens (tertiary/aromatic N) is 2. The fourth-order valence-electron chi connectivity index (χ4n) is 1.31. The van der Waals surface area contributed by atoms with E-state index in [1.54, 1.807) is 0 Å². The highest BCUT2D eigenvalue weighted by Crippen LogP contribution is 2.26. The first kappa shape index (κ1) is 14.9. The number of aromatic nitrogens is 2. The second kappa shape index (κ2) is 5.87. The lowest BCUT2D eigenvalue weighted by molar-refractivity contribution is 0.102. The second-order valence-corrected chi connectivity index (χ2v) is 4.67. The fourth-order valence-corrected chi connectivity index (χ4v) is 1.74. The molecule has 0 unspecified atom stereocenters. The summed E-state index contributed by atoms with van der Waals surface area (Å²) in [6.45, 7) is 0. The molecule has 0 aliphatic rings. The van der Waals surface area contributed by atoms with Crippen LogP contribution in [0.4, 0.5) is 14.6 Å². The molecule has 2 rings (SSSR count). The van der Waals surface area contributed by atoms with Gasteiger partial charge in [0.25, 0.3) is 5.91 Å². The van der Waals surface area contributed by atoms with Crippen LogP contribution in [0.1, 0.15) is 10.4 Å². The molecule has 1 aromatic heterocycles. The fraction of sp³-hybridized carbons (Fsp3) is 0. The lowest BCUT2D eigenvalue weighted by Crippen LogP contribution is -2.15. The van der Waals surface area contributed by atoms with Gasteiger partial charge < -0.3 is 5.32 Å². The molecule has 1 heterocycles. The summed E-state index contributed by atoms with van der Waals surface area (Å²) in [5, 5.41) is 1.57. The van der Waals surface area contributed by atoms with Gasteiger partial charge in [0.05, 0.1) is 10.6 Å². The predicted octanol–water partition coefficient (Wildman–Crippen LogP) is 3.97. The van der Waals surface area contributed by atoms with Crippen LogP contribution in [0.5, 0.6) is 0 Å². The van der Waals surface area contributed by atoms with Crippen molar-refractivity contribution >= 4 is 46.5 Å². The lowest BCUT2D eigenvalue weighted by Gasteiger charge is -2.07. The maximum atomic E-state index is 13.6. The van der Waals surface area contributed by atoms with E-state index in [0.717, 1.165) is 6.33 Å². The summed E-state index contributed by atoms with van der Waals surface area (Å²) in [7, 11) is 0. The van der Waals surface area contributed by atoms with E-state index in [9.17, 15) is 13.6 Å². The van der Waals surface area contributed by atoms with Crippen LogP contribution in [-0.2, 0) is 0 Å². The van der Waals surface area contributed by atoms with Crippen molar-refractivity contribution in [2.45, 2.75) is 0 Å². The van der Waals surface area contributed by atoms with Crippen LogP contribution < -0.4 is 5.32 Å². The molecule has 0 saturated heterocycles. The molecule has 0 aliphatic carbocycles. The van der Waals surface area contributed by atoms with Crippen LogP contribution in [0.3, 0.4) is 0 Å². The van der Waals surface area contributed by atoms with Gasteiger partial charge in [-0.3, -0.25) is 4.79 Å². The minimum Gasteiger partial charge on any atom is -0.305 e. The molecule has 0 saturated carbocycles. The minimum atomic E-state index is -0.981. The van der Waals surface area contributed by atoms with Crippen molar-refractivity contribution in [2.24, 2.45) is 0 Å². The first-order valence-electron chi connectivity index (χ1n) is 5.02. The number of hydrogen-bond acceptors (Lipinski definition) is 3. The highest BCUT2D eigenvalue weighted by atomic mass is 35.5. The van der Waals surface area contributed by atoms with Gasteiger partial charge in [0.15, 0.2) is 11.0 Å². The number of halogens is 5. The van der Waals surface area contributed by atoms with Crippen LogP contribution in [0, 0.1) is 11.6 Å². The number of nitrogens with one attached hydrogen (secondary N) is 1. The van der Waals surface area contributed by atoms with Gasteiger partial charge in [-0.25, -0.2) is 18.7 Å². The molecule has 104 valence electrons. The Morgan fingerprint density at radius 2 is 1.80 bits per heavy atom. The molecule has 20 heavy (non-hydrogen) atoms. The minimum absolute atomic E-state index is 0.0836. The molecule has 0 atom stereocenters. The molecule has 0 aliphatic heterocycles. The normalized spacial score (nSPS) is 10.4. The van der Waals surface area contributed by atoms with Crippen LogP contribution in [0.15, 0.2) is 18.5 Å². The van der Waals surface area contributed by atoms with Crippen molar-refractivity contribution < 1.29 is 13.6 Å². The molecule has 1 amide bonds. The first-order valence-corrected chi connectivity index (χ1v) is 6.15. The van der Waals surface area contributed by atoms with Crippen molar-refractivity contribution in [1.82, 2.24) is 9.97 Å². The Labute approximate surface area is 126 Å². The molecule has 1 N–H and O–H groups in total. The average molecular weight is 339 g/mol. The summed E-state index contributed by atoms with van der Waals surface area (Å²) in [5.74, 6) is -2.98. The third-order valence-corrected chi connectivity index (χ3v) is 3.26. The molecular weight excluding hydrogens is 334 g/mol.